The number of hydrogen-bond acceptors (Lipinski definition) is 5. The molecular weight excluding hydrogens is 405 g/mol. The van der Waals surface area contributed by atoms with E-state index in [4.69, 9.17) is 4.42 Å². The zero-order chi connectivity index (χ0) is 20.9. The van der Waals surface area contributed by atoms with Crippen molar-refractivity contribution in [1.82, 2.24) is 14.5 Å². The van der Waals surface area contributed by atoms with Gasteiger partial charge in [0.25, 0.3) is 0 Å². The molecule has 1 spiro atoms. The molecule has 1 saturated carbocycles. The van der Waals surface area contributed by atoms with Gasteiger partial charge in [-0.15, -0.1) is 10.2 Å². The van der Waals surface area contributed by atoms with Gasteiger partial charge in [-0.1, -0.05) is 24.3 Å². The topological polar surface area (TPSA) is 76.3 Å². The fourth-order valence-electron chi connectivity index (χ4n) is 4.38. The van der Waals surface area contributed by atoms with Crippen molar-refractivity contribution in [2.45, 2.75) is 37.0 Å². The molecule has 2 heterocycles. The molecular formula is C22H22FN3O3S. The molecule has 0 bridgehead atoms. The smallest absolute Gasteiger partial charge is 0.247 e. The van der Waals surface area contributed by atoms with E-state index in [9.17, 15) is 12.8 Å². The summed E-state index contributed by atoms with van der Waals surface area (Å²) in [5.41, 5.74) is 1.34. The third-order valence-corrected chi connectivity index (χ3v) is 8.34. The van der Waals surface area contributed by atoms with Crippen LogP contribution in [0.1, 0.15) is 36.6 Å². The summed E-state index contributed by atoms with van der Waals surface area (Å²) in [6.45, 7) is 2.44. The molecule has 0 amide bonds. The Labute approximate surface area is 174 Å². The maximum atomic E-state index is 13.9. The second-order valence-electron chi connectivity index (χ2n) is 8.25. The average molecular weight is 428 g/mol. The number of halogens is 1. The Morgan fingerprint density at radius 3 is 2.53 bits per heavy atom. The maximum Gasteiger partial charge on any atom is 0.247 e. The monoisotopic (exact) mass is 427 g/mol. The molecule has 1 aromatic heterocycles. The van der Waals surface area contributed by atoms with Crippen LogP contribution >= 0.6 is 0 Å². The average Bonchev–Trinajstić information content (AvgIpc) is 3.22. The molecule has 0 radical (unpaired) electrons. The van der Waals surface area contributed by atoms with Crippen molar-refractivity contribution in [3.05, 3.63) is 65.8 Å². The van der Waals surface area contributed by atoms with Crippen molar-refractivity contribution >= 4 is 10.0 Å². The normalized spacial score (nSPS) is 21.1. The summed E-state index contributed by atoms with van der Waals surface area (Å²) in [6.07, 6.45) is 2.39. The van der Waals surface area contributed by atoms with Crippen LogP contribution < -0.4 is 0 Å². The number of aryl methyl sites for hydroxylation is 1. The SMILES string of the molecule is Cc1ccc(S(=O)(=O)N2CCC3(CC2)C[C@H]3c2nnc(-c3ccccc3)o2)cc1F. The Kier molecular flexibility index (Phi) is 4.52. The minimum atomic E-state index is -3.70. The van der Waals surface area contributed by atoms with Gasteiger partial charge in [-0.2, -0.15) is 4.31 Å². The van der Waals surface area contributed by atoms with Gasteiger partial charge in [-0.25, -0.2) is 12.8 Å². The molecule has 8 heteroatoms. The molecule has 3 aromatic rings. The number of piperidine rings is 1. The highest BCUT2D eigenvalue weighted by atomic mass is 32.2. The number of sulfonamides is 1. The molecule has 2 aromatic carbocycles. The van der Waals surface area contributed by atoms with Gasteiger partial charge in [-0.05, 0) is 61.4 Å². The maximum absolute atomic E-state index is 13.9. The van der Waals surface area contributed by atoms with Gasteiger partial charge in [-0.3, -0.25) is 0 Å². The van der Waals surface area contributed by atoms with E-state index >= 15 is 0 Å². The van der Waals surface area contributed by atoms with Crippen molar-refractivity contribution in [1.29, 1.82) is 0 Å². The lowest BCUT2D eigenvalue weighted by Gasteiger charge is -2.31. The van der Waals surface area contributed by atoms with Crippen molar-refractivity contribution in [3.8, 4) is 11.5 Å². The van der Waals surface area contributed by atoms with Crippen molar-refractivity contribution in [3.63, 3.8) is 0 Å². The van der Waals surface area contributed by atoms with Gasteiger partial charge in [0.05, 0.1) is 4.90 Å². The Hall–Kier alpha value is -2.58. The molecule has 1 aliphatic carbocycles. The second-order valence-corrected chi connectivity index (χ2v) is 10.2. The fourth-order valence-corrected chi connectivity index (χ4v) is 5.83. The molecule has 2 fully saturated rings. The summed E-state index contributed by atoms with van der Waals surface area (Å²) in [7, 11) is -3.70. The number of benzene rings is 2. The van der Waals surface area contributed by atoms with Crippen LogP contribution in [-0.2, 0) is 10.0 Å². The predicted octanol–water partition coefficient (Wildman–Crippen LogP) is 4.14. The molecule has 0 unspecified atom stereocenters. The summed E-state index contributed by atoms with van der Waals surface area (Å²) >= 11 is 0. The highest BCUT2D eigenvalue weighted by Crippen LogP contribution is 2.64. The first-order chi connectivity index (χ1) is 14.4. The molecule has 6 nitrogen and oxygen atoms in total. The summed E-state index contributed by atoms with van der Waals surface area (Å²) in [5, 5.41) is 8.42. The molecule has 156 valence electrons. The minimum absolute atomic E-state index is 0.0123. The number of nitrogens with zero attached hydrogens (tertiary/aromatic N) is 3. The zero-order valence-corrected chi connectivity index (χ0v) is 17.4. The van der Waals surface area contributed by atoms with E-state index in [1.54, 1.807) is 6.92 Å². The highest BCUT2D eigenvalue weighted by Gasteiger charge is 2.58. The van der Waals surface area contributed by atoms with Crippen LogP contribution in [0.2, 0.25) is 0 Å². The Balaban J connectivity index is 1.28. The van der Waals surface area contributed by atoms with E-state index in [2.05, 4.69) is 10.2 Å². The van der Waals surface area contributed by atoms with Gasteiger partial charge in [0.2, 0.25) is 21.8 Å². The number of aromatic nitrogens is 2. The molecule has 1 saturated heterocycles. The Morgan fingerprint density at radius 1 is 1.10 bits per heavy atom. The quantitative estimate of drug-likeness (QED) is 0.625. The minimum Gasteiger partial charge on any atom is -0.420 e. The van der Waals surface area contributed by atoms with Gasteiger partial charge in [0.1, 0.15) is 5.82 Å². The lowest BCUT2D eigenvalue weighted by Crippen LogP contribution is -2.39. The van der Waals surface area contributed by atoms with Crippen LogP contribution in [0.15, 0.2) is 57.8 Å². The fraction of sp³-hybridized carbons (Fsp3) is 0.364. The summed E-state index contributed by atoms with van der Waals surface area (Å²) in [5.74, 6) is 0.807. The van der Waals surface area contributed by atoms with E-state index in [1.165, 1.54) is 16.4 Å². The van der Waals surface area contributed by atoms with Crippen LogP contribution in [-0.4, -0.2) is 36.0 Å². The Morgan fingerprint density at radius 2 is 1.83 bits per heavy atom. The van der Waals surface area contributed by atoms with Crippen LogP contribution in [0.3, 0.4) is 0 Å². The molecule has 1 aliphatic heterocycles. The number of hydrogen-bond donors (Lipinski definition) is 0. The zero-order valence-electron chi connectivity index (χ0n) is 16.6. The standard InChI is InChI=1S/C22H22FN3O3S/c1-15-7-8-17(13-19(15)23)30(27,28)26-11-9-22(10-12-26)14-18(22)21-25-24-20(29-21)16-5-3-2-4-6-16/h2-8,13,18H,9-12,14H2,1H3/t18-/m0/s1. The molecule has 1 atom stereocenters. The van der Waals surface area contributed by atoms with E-state index in [-0.39, 0.29) is 16.2 Å². The van der Waals surface area contributed by atoms with Gasteiger partial charge < -0.3 is 4.42 Å². The summed E-state index contributed by atoms with van der Waals surface area (Å²) in [6, 6.07) is 13.7. The lowest BCUT2D eigenvalue weighted by molar-refractivity contribution is 0.246. The predicted molar refractivity (Wildman–Crippen MR) is 109 cm³/mol. The van der Waals surface area contributed by atoms with E-state index in [0.717, 1.165) is 30.9 Å². The molecule has 5 rings (SSSR count). The van der Waals surface area contributed by atoms with E-state index in [0.29, 0.717) is 30.4 Å². The van der Waals surface area contributed by atoms with Gasteiger partial charge in [0.15, 0.2) is 0 Å². The molecule has 30 heavy (non-hydrogen) atoms. The van der Waals surface area contributed by atoms with Crippen LogP contribution in [0.4, 0.5) is 4.39 Å². The molecule has 2 aliphatic rings. The van der Waals surface area contributed by atoms with Crippen LogP contribution in [0, 0.1) is 18.2 Å². The third-order valence-electron chi connectivity index (χ3n) is 6.45. The number of rotatable bonds is 4. The first-order valence-corrected chi connectivity index (χ1v) is 11.5. The van der Waals surface area contributed by atoms with Crippen molar-refractivity contribution < 1.29 is 17.2 Å². The lowest BCUT2D eigenvalue weighted by atomic mass is 9.92. The van der Waals surface area contributed by atoms with Gasteiger partial charge >= 0.3 is 0 Å². The third kappa shape index (κ3) is 3.24. The highest BCUT2D eigenvalue weighted by molar-refractivity contribution is 7.89. The van der Waals surface area contributed by atoms with Crippen molar-refractivity contribution in [2.75, 3.05) is 13.1 Å². The Bertz CT molecular complexity index is 1190. The van der Waals surface area contributed by atoms with Crippen LogP contribution in [0.25, 0.3) is 11.5 Å². The first-order valence-electron chi connectivity index (χ1n) is 10.0. The molecule has 0 N–H and O–H groups in total. The van der Waals surface area contributed by atoms with Gasteiger partial charge in [0, 0.05) is 24.6 Å². The van der Waals surface area contributed by atoms with Crippen LogP contribution in [0.5, 0.6) is 0 Å². The van der Waals surface area contributed by atoms with Crippen molar-refractivity contribution in [2.24, 2.45) is 5.41 Å². The van der Waals surface area contributed by atoms with E-state index < -0.39 is 15.8 Å². The largest absolute Gasteiger partial charge is 0.420 e. The van der Waals surface area contributed by atoms with E-state index in [1.807, 2.05) is 30.3 Å². The second kappa shape index (κ2) is 6.99. The summed E-state index contributed by atoms with van der Waals surface area (Å²) < 4.78 is 47.1. The summed E-state index contributed by atoms with van der Waals surface area (Å²) in [4.78, 5) is 0.0123. The first kappa shape index (κ1) is 19.4.